The van der Waals surface area contributed by atoms with Crippen LogP contribution in [-0.2, 0) is 7.05 Å². The zero-order chi connectivity index (χ0) is 25.1. The highest BCUT2D eigenvalue weighted by Gasteiger charge is 2.20. The fourth-order valence-electron chi connectivity index (χ4n) is 3.80. The Labute approximate surface area is 204 Å². The maximum Gasteiger partial charge on any atom is 0.237 e. The van der Waals surface area contributed by atoms with E-state index in [0.29, 0.717) is 29.0 Å². The Kier molecular flexibility index (Phi) is 6.81. The van der Waals surface area contributed by atoms with Gasteiger partial charge in [0, 0.05) is 49.6 Å². The lowest BCUT2D eigenvalue weighted by molar-refractivity contribution is 0.400. The average molecular weight is 474 g/mol. The quantitative estimate of drug-likeness (QED) is 0.368. The second kappa shape index (κ2) is 9.96. The Hall–Kier alpha value is -4.21. The number of hydrogen-bond acceptors (Lipinski definition) is 7. The third-order valence-electron chi connectivity index (χ3n) is 5.54. The Bertz CT molecular complexity index is 1440. The summed E-state index contributed by atoms with van der Waals surface area (Å²) in [5.41, 5.74) is 4.43. The molecule has 0 aliphatic carbocycles. The molecule has 10 nitrogen and oxygen atoms in total. The standard InChI is InChI=1S/C23H25N9O.C2H6/c1-14(2)31-11-8-17(28-31)16-13-32-19(15(16)3)20(26-18-7-6-9-25-23(18)33-5)27-21(29-32)22-24-10-12-30(22)4;1-2/h6-14H,1-5H3,(H,26,27,29);1-2H3. The number of anilines is 2. The predicted octanol–water partition coefficient (Wildman–Crippen LogP) is 5.06. The number of methoxy groups -OCH3 is 1. The van der Waals surface area contributed by atoms with Crippen molar-refractivity contribution in [2.24, 2.45) is 7.05 Å². The summed E-state index contributed by atoms with van der Waals surface area (Å²) in [5, 5.41) is 12.9. The third kappa shape index (κ3) is 4.46. The average Bonchev–Trinajstić information content (AvgIpc) is 3.59. The molecular formula is C25H31N9O. The summed E-state index contributed by atoms with van der Waals surface area (Å²) in [6.45, 7) is 10.3. The minimum Gasteiger partial charge on any atom is -0.480 e. The molecule has 5 heterocycles. The van der Waals surface area contributed by atoms with Crippen LogP contribution in [-0.4, -0.2) is 46.0 Å². The summed E-state index contributed by atoms with van der Waals surface area (Å²) in [4.78, 5) is 13.6. The van der Waals surface area contributed by atoms with E-state index in [2.05, 4.69) is 36.1 Å². The normalized spacial score (nSPS) is 11.0. The maximum absolute atomic E-state index is 5.43. The number of aryl methyl sites for hydroxylation is 2. The monoisotopic (exact) mass is 473 g/mol. The van der Waals surface area contributed by atoms with E-state index in [0.717, 1.165) is 22.3 Å². The molecule has 5 aromatic rings. The summed E-state index contributed by atoms with van der Waals surface area (Å²) in [6.07, 6.45) is 9.25. The van der Waals surface area contributed by atoms with Gasteiger partial charge >= 0.3 is 0 Å². The highest BCUT2D eigenvalue weighted by molar-refractivity contribution is 5.84. The van der Waals surface area contributed by atoms with Crippen molar-refractivity contribution in [2.75, 3.05) is 12.4 Å². The Morgan fingerprint density at radius 2 is 1.83 bits per heavy atom. The van der Waals surface area contributed by atoms with Gasteiger partial charge in [0.05, 0.1) is 12.8 Å². The molecule has 182 valence electrons. The van der Waals surface area contributed by atoms with Crippen molar-refractivity contribution < 1.29 is 4.74 Å². The number of hydrogen-bond donors (Lipinski definition) is 1. The second-order valence-electron chi connectivity index (χ2n) is 8.07. The molecule has 0 bridgehead atoms. The first-order valence-corrected chi connectivity index (χ1v) is 11.7. The van der Waals surface area contributed by atoms with E-state index < -0.39 is 0 Å². The van der Waals surface area contributed by atoms with Gasteiger partial charge in [-0.05, 0) is 44.5 Å². The van der Waals surface area contributed by atoms with Gasteiger partial charge in [-0.1, -0.05) is 13.8 Å². The van der Waals surface area contributed by atoms with E-state index in [4.69, 9.17) is 19.9 Å². The molecule has 1 N–H and O–H groups in total. The molecule has 0 aromatic carbocycles. The summed E-state index contributed by atoms with van der Waals surface area (Å²) in [5.74, 6) is 2.26. The van der Waals surface area contributed by atoms with Crippen LogP contribution in [0.4, 0.5) is 11.5 Å². The zero-order valence-electron chi connectivity index (χ0n) is 21.2. The van der Waals surface area contributed by atoms with Gasteiger partial charge in [0.2, 0.25) is 11.7 Å². The van der Waals surface area contributed by atoms with Crippen molar-refractivity contribution in [3.8, 4) is 28.8 Å². The SMILES string of the molecule is CC.COc1ncccc1Nc1nc(-c2nccn2C)nn2cc(-c3ccn(C(C)C)n3)c(C)c12. The number of aromatic nitrogens is 8. The van der Waals surface area contributed by atoms with Crippen LogP contribution in [0.2, 0.25) is 0 Å². The summed E-state index contributed by atoms with van der Waals surface area (Å²) in [6, 6.07) is 6.04. The topological polar surface area (TPSA) is 100.0 Å². The molecule has 10 heteroatoms. The predicted molar refractivity (Wildman–Crippen MR) is 137 cm³/mol. The highest BCUT2D eigenvalue weighted by atomic mass is 16.5. The van der Waals surface area contributed by atoms with E-state index >= 15 is 0 Å². The van der Waals surface area contributed by atoms with Crippen molar-refractivity contribution in [2.45, 2.75) is 40.7 Å². The minimum atomic E-state index is 0.279. The Balaban J connectivity index is 0.00000141. The van der Waals surface area contributed by atoms with Gasteiger partial charge in [0.15, 0.2) is 11.6 Å². The number of rotatable bonds is 6. The lowest BCUT2D eigenvalue weighted by Crippen LogP contribution is -2.07. The summed E-state index contributed by atoms with van der Waals surface area (Å²) >= 11 is 0. The second-order valence-corrected chi connectivity index (χ2v) is 8.07. The lowest BCUT2D eigenvalue weighted by Gasteiger charge is -2.12. The van der Waals surface area contributed by atoms with Crippen molar-refractivity contribution in [1.29, 1.82) is 0 Å². The molecule has 0 aliphatic heterocycles. The zero-order valence-corrected chi connectivity index (χ0v) is 21.2. The maximum atomic E-state index is 5.43. The van der Waals surface area contributed by atoms with Gasteiger partial charge in [-0.3, -0.25) is 4.68 Å². The van der Waals surface area contributed by atoms with Crippen molar-refractivity contribution in [3.63, 3.8) is 0 Å². The third-order valence-corrected chi connectivity index (χ3v) is 5.54. The highest BCUT2D eigenvalue weighted by Crippen LogP contribution is 2.34. The molecule has 0 saturated carbocycles. The minimum absolute atomic E-state index is 0.279. The number of nitrogens with one attached hydrogen (secondary N) is 1. The molecule has 0 atom stereocenters. The van der Waals surface area contributed by atoms with Crippen LogP contribution in [0.5, 0.6) is 5.88 Å². The molecule has 0 spiro atoms. The number of nitrogens with zero attached hydrogens (tertiary/aromatic N) is 8. The van der Waals surface area contributed by atoms with Crippen molar-refractivity contribution in [3.05, 3.63) is 54.7 Å². The molecule has 0 aliphatic rings. The van der Waals surface area contributed by atoms with Gasteiger partial charge in [0.1, 0.15) is 11.2 Å². The lowest BCUT2D eigenvalue weighted by atomic mass is 10.1. The first-order valence-electron chi connectivity index (χ1n) is 11.7. The van der Waals surface area contributed by atoms with Crippen LogP contribution < -0.4 is 10.1 Å². The molecule has 0 radical (unpaired) electrons. The molecule has 0 fully saturated rings. The molecule has 0 amide bonds. The molecule has 0 unspecified atom stereocenters. The fourth-order valence-corrected chi connectivity index (χ4v) is 3.80. The summed E-state index contributed by atoms with van der Waals surface area (Å²) < 4.78 is 11.1. The Morgan fingerprint density at radius 3 is 2.49 bits per heavy atom. The number of pyridine rings is 1. The van der Waals surface area contributed by atoms with E-state index in [1.54, 1.807) is 19.5 Å². The van der Waals surface area contributed by atoms with Crippen LogP contribution in [0.3, 0.4) is 0 Å². The Morgan fingerprint density at radius 1 is 1.03 bits per heavy atom. The molecule has 0 saturated heterocycles. The van der Waals surface area contributed by atoms with Gasteiger partial charge in [0.25, 0.3) is 0 Å². The van der Waals surface area contributed by atoms with Crippen LogP contribution in [0.25, 0.3) is 28.4 Å². The number of fused-ring (bicyclic) bond motifs is 1. The van der Waals surface area contributed by atoms with E-state index in [1.807, 2.05) is 71.4 Å². The first-order chi connectivity index (χ1) is 17.0. The van der Waals surface area contributed by atoms with Gasteiger partial charge in [-0.25, -0.2) is 19.5 Å². The van der Waals surface area contributed by atoms with Crippen molar-refractivity contribution >= 4 is 17.0 Å². The van der Waals surface area contributed by atoms with Crippen LogP contribution in [0.15, 0.2) is 49.2 Å². The molecule has 5 rings (SSSR count). The van der Waals surface area contributed by atoms with Crippen LogP contribution in [0.1, 0.15) is 39.3 Å². The number of imidazole rings is 1. The van der Waals surface area contributed by atoms with Gasteiger partial charge in [-0.2, -0.15) is 5.10 Å². The smallest absolute Gasteiger partial charge is 0.237 e. The molecular weight excluding hydrogens is 442 g/mol. The van der Waals surface area contributed by atoms with Crippen LogP contribution in [0, 0.1) is 6.92 Å². The largest absolute Gasteiger partial charge is 0.480 e. The fraction of sp³-hybridized carbons (Fsp3) is 0.320. The molecule has 5 aromatic heterocycles. The molecule has 35 heavy (non-hydrogen) atoms. The van der Waals surface area contributed by atoms with Gasteiger partial charge < -0.3 is 14.6 Å². The van der Waals surface area contributed by atoms with E-state index in [-0.39, 0.29) is 6.04 Å². The first kappa shape index (κ1) is 23.9. The van der Waals surface area contributed by atoms with Crippen LogP contribution >= 0.6 is 0 Å². The van der Waals surface area contributed by atoms with Crippen molar-refractivity contribution in [1.82, 2.24) is 38.9 Å². The van der Waals surface area contributed by atoms with E-state index in [9.17, 15) is 0 Å². The van der Waals surface area contributed by atoms with E-state index in [1.165, 1.54) is 0 Å². The summed E-state index contributed by atoms with van der Waals surface area (Å²) in [7, 11) is 3.51. The number of ether oxygens (including phenoxy) is 1. The van der Waals surface area contributed by atoms with Gasteiger partial charge in [-0.15, -0.1) is 5.10 Å².